The van der Waals surface area contributed by atoms with Gasteiger partial charge in [0.2, 0.25) is 5.91 Å². The number of nitrogens with one attached hydrogen (secondary N) is 1. The van der Waals surface area contributed by atoms with Crippen LogP contribution in [0, 0.1) is 0 Å². The zero-order valence-corrected chi connectivity index (χ0v) is 44.5. The van der Waals surface area contributed by atoms with E-state index in [4.69, 9.17) is 13.8 Å². The Morgan fingerprint density at radius 2 is 1.03 bits per heavy atom. The van der Waals surface area contributed by atoms with Crippen LogP contribution in [0.5, 0.6) is 0 Å². The van der Waals surface area contributed by atoms with Gasteiger partial charge in [-0.15, -0.1) is 0 Å². The topological polar surface area (TPSA) is 111 Å². The first-order valence-electron chi connectivity index (χ1n) is 26.6. The van der Waals surface area contributed by atoms with Gasteiger partial charge in [0.05, 0.1) is 33.8 Å². The maximum atomic E-state index is 13.4. The van der Waals surface area contributed by atoms with E-state index in [1.807, 2.05) is 39.4 Å². The fraction of sp³-hybridized carbons (Fsp3) is 0.684. The Bertz CT molecular complexity index is 1470. The lowest BCUT2D eigenvalue weighted by Crippen LogP contribution is -2.47. The Morgan fingerprint density at radius 3 is 1.61 bits per heavy atom. The minimum Gasteiger partial charge on any atom is -0.456 e. The molecule has 0 aliphatic carbocycles. The summed E-state index contributed by atoms with van der Waals surface area (Å²) in [4.78, 5) is 37.4. The van der Waals surface area contributed by atoms with Gasteiger partial charge < -0.3 is 19.4 Å². The van der Waals surface area contributed by atoms with Gasteiger partial charge in [0.25, 0.3) is 0 Å². The SMILES string of the molecule is CC/C=C/C=C/C=C\CCCCCCCC(=O)OC(/C=C\CCCCCCCCCCC)C(COP(=O)(O)OCC[N+](C)(C)C)NC(=O)CCC/C=C\C/C=C\C/C=C\C/C=C\CCCCC. The van der Waals surface area contributed by atoms with Crippen LogP contribution >= 0.6 is 7.82 Å². The molecule has 0 heterocycles. The monoisotopic (exact) mass is 956 g/mol. The molecule has 0 aromatic carbocycles. The normalized spacial score (nSPS) is 14.7. The van der Waals surface area contributed by atoms with Crippen molar-refractivity contribution in [1.82, 2.24) is 5.32 Å². The molecule has 0 saturated heterocycles. The lowest BCUT2D eigenvalue weighted by atomic mass is 10.1. The number of esters is 1. The molecule has 0 spiro atoms. The summed E-state index contributed by atoms with van der Waals surface area (Å²) in [7, 11) is 1.43. The van der Waals surface area contributed by atoms with E-state index >= 15 is 0 Å². The number of rotatable bonds is 46. The van der Waals surface area contributed by atoms with Gasteiger partial charge in [-0.1, -0.05) is 195 Å². The molecule has 0 bridgehead atoms. The van der Waals surface area contributed by atoms with Crippen LogP contribution < -0.4 is 5.32 Å². The van der Waals surface area contributed by atoms with Crippen LogP contribution in [0.1, 0.15) is 201 Å². The second-order valence-corrected chi connectivity index (χ2v) is 20.2. The summed E-state index contributed by atoms with van der Waals surface area (Å²) in [6.07, 6.45) is 61.3. The van der Waals surface area contributed by atoms with Crippen LogP contribution in [0.4, 0.5) is 0 Å². The lowest BCUT2D eigenvalue weighted by molar-refractivity contribution is -0.870. The molecule has 10 heteroatoms. The fourth-order valence-electron chi connectivity index (χ4n) is 6.93. The predicted molar refractivity (Wildman–Crippen MR) is 286 cm³/mol. The van der Waals surface area contributed by atoms with E-state index < -0.39 is 20.0 Å². The van der Waals surface area contributed by atoms with Crippen molar-refractivity contribution in [1.29, 1.82) is 0 Å². The highest BCUT2D eigenvalue weighted by atomic mass is 31.2. The molecule has 0 aromatic heterocycles. The van der Waals surface area contributed by atoms with Crippen molar-refractivity contribution in [3.63, 3.8) is 0 Å². The molecule has 67 heavy (non-hydrogen) atoms. The Labute approximate surface area is 411 Å². The van der Waals surface area contributed by atoms with Crippen molar-refractivity contribution >= 4 is 19.7 Å². The van der Waals surface area contributed by atoms with Crippen LogP contribution in [0.3, 0.4) is 0 Å². The van der Waals surface area contributed by atoms with Crippen LogP contribution in [0.25, 0.3) is 0 Å². The van der Waals surface area contributed by atoms with Crippen LogP contribution in [0.15, 0.2) is 97.2 Å². The summed E-state index contributed by atoms with van der Waals surface area (Å²) in [5.74, 6) is -0.605. The second-order valence-electron chi connectivity index (χ2n) is 18.7. The maximum Gasteiger partial charge on any atom is 0.472 e. The van der Waals surface area contributed by atoms with Crippen molar-refractivity contribution in [2.75, 3.05) is 40.9 Å². The van der Waals surface area contributed by atoms with Crippen LogP contribution in [0.2, 0.25) is 0 Å². The first kappa shape index (κ1) is 63.9. The minimum absolute atomic E-state index is 0.0217. The molecule has 0 aliphatic rings. The molecule has 0 aliphatic heterocycles. The second kappa shape index (κ2) is 46.6. The number of ether oxygens (including phenoxy) is 1. The molecule has 0 saturated carbocycles. The molecule has 0 aromatic rings. The minimum atomic E-state index is -4.46. The zero-order chi connectivity index (χ0) is 49.4. The van der Waals surface area contributed by atoms with Gasteiger partial charge in [-0.05, 0) is 89.5 Å². The third-order valence-corrected chi connectivity index (χ3v) is 12.1. The highest BCUT2D eigenvalue weighted by Gasteiger charge is 2.30. The predicted octanol–water partition coefficient (Wildman–Crippen LogP) is 15.7. The van der Waals surface area contributed by atoms with Crippen molar-refractivity contribution in [2.45, 2.75) is 213 Å². The van der Waals surface area contributed by atoms with Gasteiger partial charge in [-0.25, -0.2) is 4.57 Å². The third kappa shape index (κ3) is 47.8. The summed E-state index contributed by atoms with van der Waals surface area (Å²) in [5, 5.41) is 3.00. The molecule has 0 fully saturated rings. The Morgan fingerprint density at radius 1 is 0.552 bits per heavy atom. The molecule has 3 atom stereocenters. The number of phosphoric ester groups is 1. The van der Waals surface area contributed by atoms with E-state index in [0.717, 1.165) is 83.5 Å². The summed E-state index contributed by atoms with van der Waals surface area (Å²) in [6, 6.07) is -0.889. The average molecular weight is 956 g/mol. The number of likely N-dealkylation sites (N-methyl/N-ethyl adjacent to an activating group) is 1. The van der Waals surface area contributed by atoms with E-state index in [1.165, 1.54) is 70.6 Å². The number of amides is 1. The molecule has 2 N–H and O–H groups in total. The van der Waals surface area contributed by atoms with E-state index in [9.17, 15) is 19.0 Å². The number of carbonyl (C=O) groups excluding carboxylic acids is 2. The van der Waals surface area contributed by atoms with Gasteiger partial charge in [-0.3, -0.25) is 18.6 Å². The smallest absolute Gasteiger partial charge is 0.456 e. The number of nitrogens with zero attached hydrogens (tertiary/aromatic N) is 1. The van der Waals surface area contributed by atoms with Crippen molar-refractivity contribution in [3.05, 3.63) is 97.2 Å². The number of unbranched alkanes of at least 4 members (excludes halogenated alkanes) is 18. The Balaban J connectivity index is 5.52. The van der Waals surface area contributed by atoms with Crippen LogP contribution in [-0.4, -0.2) is 74.3 Å². The first-order valence-corrected chi connectivity index (χ1v) is 28.1. The van der Waals surface area contributed by atoms with Gasteiger partial charge in [0.1, 0.15) is 19.3 Å². The highest BCUT2D eigenvalue weighted by Crippen LogP contribution is 2.43. The van der Waals surface area contributed by atoms with Crippen molar-refractivity contribution in [3.8, 4) is 0 Å². The van der Waals surface area contributed by atoms with E-state index in [0.29, 0.717) is 23.9 Å². The molecule has 3 unspecified atom stereocenters. The quantitative estimate of drug-likeness (QED) is 0.0156. The fourth-order valence-corrected chi connectivity index (χ4v) is 7.67. The zero-order valence-electron chi connectivity index (χ0n) is 43.6. The number of phosphoric acid groups is 1. The number of hydrogen-bond donors (Lipinski definition) is 2. The first-order chi connectivity index (χ1) is 32.4. The van der Waals surface area contributed by atoms with Crippen molar-refractivity contribution < 1.29 is 37.3 Å². The molecule has 0 rings (SSSR count). The summed E-state index contributed by atoms with van der Waals surface area (Å²) in [6.45, 7) is 6.75. The summed E-state index contributed by atoms with van der Waals surface area (Å²) < 4.78 is 30.4. The molecular formula is C57H100N2O7P+. The maximum absolute atomic E-state index is 13.4. The number of allylic oxidation sites excluding steroid dienone is 15. The molecule has 9 nitrogen and oxygen atoms in total. The number of hydrogen-bond acceptors (Lipinski definition) is 6. The summed E-state index contributed by atoms with van der Waals surface area (Å²) >= 11 is 0. The van der Waals surface area contributed by atoms with Gasteiger partial charge in [0, 0.05) is 12.8 Å². The van der Waals surface area contributed by atoms with Gasteiger partial charge in [0.15, 0.2) is 0 Å². The number of carbonyl (C=O) groups is 2. The lowest BCUT2D eigenvalue weighted by Gasteiger charge is -2.27. The van der Waals surface area contributed by atoms with E-state index in [1.54, 1.807) is 0 Å². The largest absolute Gasteiger partial charge is 0.472 e. The molecule has 384 valence electrons. The highest BCUT2D eigenvalue weighted by molar-refractivity contribution is 7.47. The molecule has 0 radical (unpaired) electrons. The Kier molecular flexibility index (Phi) is 44.5. The Hall–Kier alpha value is -3.07. The average Bonchev–Trinajstić information content (AvgIpc) is 3.28. The number of quaternary nitrogens is 1. The third-order valence-electron chi connectivity index (χ3n) is 11.1. The van der Waals surface area contributed by atoms with Gasteiger partial charge >= 0.3 is 13.8 Å². The van der Waals surface area contributed by atoms with Crippen molar-refractivity contribution in [2.24, 2.45) is 0 Å². The molecular weight excluding hydrogens is 856 g/mol. The van der Waals surface area contributed by atoms with E-state index in [2.05, 4.69) is 105 Å². The van der Waals surface area contributed by atoms with E-state index in [-0.39, 0.29) is 37.9 Å². The summed E-state index contributed by atoms with van der Waals surface area (Å²) in [5.41, 5.74) is 0. The van der Waals surface area contributed by atoms with Crippen LogP contribution in [-0.2, 0) is 27.9 Å². The molecule has 1 amide bonds. The standard InChI is InChI=1S/C57H99N2O7P/c1-7-10-13-16-19-22-25-27-28-29-30-32-34-37-40-43-46-49-56(60)58-54(53-65-67(62,63)64-52-51-59(4,5)6)55(48-45-42-39-36-33-24-21-18-15-12-9-3)66-57(61)50-47-44-41-38-35-31-26-23-20-17-14-11-8-2/h11,14,17,19-20,22-23,26-28,30,32,37,40,45,48,54-55H,7-10,12-13,15-16,18,21,24-25,29,31,33-36,38-39,41-44,46-47,49-53H2,1-6H3,(H-,58,60,62,63)/p+1/b14-11+,20-17+,22-19-,26-23-,28-27-,32-30-,40-37-,48-45-. The van der Waals surface area contributed by atoms with Gasteiger partial charge in [-0.2, -0.15) is 0 Å².